The van der Waals surface area contributed by atoms with Crippen molar-refractivity contribution in [3.8, 4) is 11.1 Å². The Morgan fingerprint density at radius 1 is 1.00 bits per heavy atom. The van der Waals surface area contributed by atoms with Gasteiger partial charge in [-0.1, -0.05) is 55.2 Å². The molecule has 0 saturated heterocycles. The van der Waals surface area contributed by atoms with Crippen LogP contribution in [0, 0.1) is 5.82 Å². The van der Waals surface area contributed by atoms with Gasteiger partial charge in [0, 0.05) is 5.56 Å². The summed E-state index contributed by atoms with van der Waals surface area (Å²) in [6.07, 6.45) is 2.79. The van der Waals surface area contributed by atoms with Gasteiger partial charge >= 0.3 is 0 Å². The van der Waals surface area contributed by atoms with Crippen LogP contribution in [0.15, 0.2) is 29.8 Å². The lowest BCUT2D eigenvalue weighted by molar-refractivity contribution is 0.100. The van der Waals surface area contributed by atoms with Crippen molar-refractivity contribution >= 4 is 37.5 Å². The van der Waals surface area contributed by atoms with Crippen molar-refractivity contribution in [3.63, 3.8) is 0 Å². The van der Waals surface area contributed by atoms with Gasteiger partial charge in [-0.2, -0.15) is 0 Å². The molecule has 0 atom stereocenters. The lowest BCUT2D eigenvalue weighted by Crippen LogP contribution is -2.86. The summed E-state index contributed by atoms with van der Waals surface area (Å²) in [5, 5.41) is 2.59. The van der Waals surface area contributed by atoms with Gasteiger partial charge in [-0.25, -0.2) is 4.39 Å². The van der Waals surface area contributed by atoms with Crippen LogP contribution < -0.4 is 16.1 Å². The topological polar surface area (TPSA) is 43.1 Å². The van der Waals surface area contributed by atoms with Gasteiger partial charge in [-0.05, 0) is 52.9 Å². The molecule has 0 unspecified atom stereocenters. The minimum atomic E-state index is -1.67. The monoisotopic (exact) mass is 381 g/mol. The van der Waals surface area contributed by atoms with Crippen molar-refractivity contribution in [2.24, 2.45) is 5.73 Å². The number of nitrogens with two attached hydrogens (primary N) is 1. The molecule has 2 aromatic carbocycles. The van der Waals surface area contributed by atoms with Gasteiger partial charge < -0.3 is 5.73 Å². The van der Waals surface area contributed by atoms with Crippen molar-refractivity contribution < 1.29 is 9.18 Å². The summed E-state index contributed by atoms with van der Waals surface area (Å²) in [6, 6.07) is 7.41. The summed E-state index contributed by atoms with van der Waals surface area (Å²) in [5.41, 5.74) is 11.6. The highest BCUT2D eigenvalue weighted by atomic mass is 29.3. The number of halogens is 1. The zero-order valence-corrected chi connectivity index (χ0v) is 18.0. The summed E-state index contributed by atoms with van der Waals surface area (Å²) in [6.45, 7) is 11.6. The zero-order valence-electron chi connectivity index (χ0n) is 16.0. The van der Waals surface area contributed by atoms with E-state index >= 15 is 0 Å². The van der Waals surface area contributed by atoms with Crippen molar-refractivity contribution in [2.75, 3.05) is 0 Å². The predicted molar refractivity (Wildman–Crippen MR) is 112 cm³/mol. The maximum atomic E-state index is 14.3. The van der Waals surface area contributed by atoms with Gasteiger partial charge in [0.1, 0.15) is 5.82 Å². The molecule has 2 N–H and O–H groups in total. The molecule has 0 saturated carbocycles. The third-order valence-electron chi connectivity index (χ3n) is 6.72. The molecule has 1 amide bonds. The Morgan fingerprint density at radius 3 is 2.27 bits per heavy atom. The van der Waals surface area contributed by atoms with E-state index in [-0.39, 0.29) is 11.7 Å². The Balaban J connectivity index is 2.05. The van der Waals surface area contributed by atoms with E-state index in [0.29, 0.717) is 12.0 Å². The van der Waals surface area contributed by atoms with Crippen LogP contribution in [0.3, 0.4) is 0 Å². The summed E-state index contributed by atoms with van der Waals surface area (Å²) in [5.74, 6) is -0.464. The van der Waals surface area contributed by atoms with Crippen molar-refractivity contribution in [3.05, 3.63) is 52.3 Å². The van der Waals surface area contributed by atoms with Crippen molar-refractivity contribution in [1.82, 2.24) is 0 Å². The number of fused-ring (bicyclic) bond motifs is 2. The number of hydrogen-bond acceptors (Lipinski definition) is 1. The summed E-state index contributed by atoms with van der Waals surface area (Å²) >= 11 is 0. The van der Waals surface area contributed by atoms with E-state index in [9.17, 15) is 9.18 Å². The van der Waals surface area contributed by atoms with Crippen LogP contribution in [0.4, 0.5) is 4.39 Å². The second-order valence-electron chi connectivity index (χ2n) is 8.68. The summed E-state index contributed by atoms with van der Waals surface area (Å²) < 4.78 is 14.3. The Labute approximate surface area is 155 Å². The van der Waals surface area contributed by atoms with Crippen molar-refractivity contribution in [2.45, 2.75) is 39.5 Å². The van der Waals surface area contributed by atoms with E-state index in [1.807, 2.05) is 25.1 Å². The van der Waals surface area contributed by atoms with Crippen LogP contribution in [0.1, 0.15) is 28.4 Å². The van der Waals surface area contributed by atoms with Gasteiger partial charge in [-0.3, -0.25) is 4.79 Å². The molecule has 1 aliphatic carbocycles. The maximum absolute atomic E-state index is 14.3. The molecule has 0 spiro atoms. The molecule has 1 aliphatic heterocycles. The fourth-order valence-corrected chi connectivity index (χ4v) is 15.5. The maximum Gasteiger partial charge on any atom is 0.248 e. The average molecular weight is 382 g/mol. The molecule has 2 nitrogen and oxygen atoms in total. The Bertz CT molecular complexity index is 1020. The molecule has 0 fully saturated rings. The normalized spacial score (nSPS) is 18.6. The Hall–Kier alpha value is -1.99. The molecule has 5 heteroatoms. The molecule has 2 aliphatic rings. The van der Waals surface area contributed by atoms with Crippen molar-refractivity contribution in [1.29, 1.82) is 0 Å². The van der Waals surface area contributed by atoms with Gasteiger partial charge in [0.25, 0.3) is 0 Å². The third kappa shape index (κ3) is 2.04. The number of allylic oxidation sites excluding steroid dienone is 1. The molecule has 0 radical (unpaired) electrons. The lowest BCUT2D eigenvalue weighted by atomic mass is 9.95. The highest BCUT2D eigenvalue weighted by Gasteiger charge is 2.57. The Morgan fingerprint density at radius 2 is 1.62 bits per heavy atom. The molecule has 2 aromatic rings. The van der Waals surface area contributed by atoms with E-state index in [4.69, 9.17) is 5.73 Å². The first-order chi connectivity index (χ1) is 12.1. The highest BCUT2D eigenvalue weighted by molar-refractivity contribution is 7.57. The van der Waals surface area contributed by atoms with E-state index < -0.39 is 15.2 Å². The molecular formula is C21H24FNOSi2. The molecule has 134 valence electrons. The van der Waals surface area contributed by atoms with E-state index in [1.54, 1.807) is 6.07 Å². The molecular weight excluding hydrogens is 357 g/mol. The first-order valence-electron chi connectivity index (χ1n) is 9.04. The molecule has 0 bridgehead atoms. The van der Waals surface area contributed by atoms with Gasteiger partial charge in [-0.15, -0.1) is 0 Å². The number of carbonyl (C=O) groups is 1. The third-order valence-corrected chi connectivity index (χ3v) is 24.5. The standard InChI is InChI=1S/C21H24FNOSi2/c1-12-10-16-13(8-9-18(22)17(16)11-12)14-6-7-15(21(23)24)20-19(14)25(2,3)26(20,4)5/h6-10H,11H2,1-5H3,(H2,23,24). The van der Waals surface area contributed by atoms with Gasteiger partial charge in [0.2, 0.25) is 5.91 Å². The summed E-state index contributed by atoms with van der Waals surface area (Å²) in [4.78, 5) is 12.0. The summed E-state index contributed by atoms with van der Waals surface area (Å²) in [7, 11) is -3.32. The Kier molecular flexibility index (Phi) is 3.53. The van der Waals surface area contributed by atoms with Crippen LogP contribution in [0.25, 0.3) is 17.2 Å². The second kappa shape index (κ2) is 5.27. The number of amides is 1. The van der Waals surface area contributed by atoms with Gasteiger partial charge in [0.15, 0.2) is 0 Å². The quantitative estimate of drug-likeness (QED) is 0.795. The van der Waals surface area contributed by atoms with Crippen LogP contribution >= 0.6 is 0 Å². The minimum Gasteiger partial charge on any atom is -0.366 e. The first kappa shape index (κ1) is 17.4. The zero-order chi connectivity index (χ0) is 19.0. The first-order valence-corrected chi connectivity index (χ1v) is 16.0. The largest absolute Gasteiger partial charge is 0.366 e. The van der Waals surface area contributed by atoms with Crippen LogP contribution in [-0.4, -0.2) is 21.1 Å². The van der Waals surface area contributed by atoms with Gasteiger partial charge in [0.05, 0.1) is 15.2 Å². The molecule has 1 heterocycles. The predicted octanol–water partition coefficient (Wildman–Crippen LogP) is 3.47. The van der Waals surface area contributed by atoms with Crippen LogP contribution in [0.2, 0.25) is 26.2 Å². The smallest absolute Gasteiger partial charge is 0.248 e. The second-order valence-corrected chi connectivity index (χ2v) is 23.7. The van der Waals surface area contributed by atoms with E-state index in [1.165, 1.54) is 21.5 Å². The number of carbonyl (C=O) groups excluding carboxylic acids is 1. The lowest BCUT2D eigenvalue weighted by Gasteiger charge is -2.53. The van der Waals surface area contributed by atoms with E-state index in [0.717, 1.165) is 16.7 Å². The fraction of sp³-hybridized carbons (Fsp3) is 0.286. The number of benzene rings is 2. The number of rotatable bonds is 2. The van der Waals surface area contributed by atoms with E-state index in [2.05, 4.69) is 32.3 Å². The SMILES string of the molecule is CC1=Cc2c(-c3ccc(C(N)=O)c4c3[Si](C)(C)[Si]4(C)C)ccc(F)c2C1. The number of hydrogen-bond donors (Lipinski definition) is 1. The average Bonchev–Trinajstić information content (AvgIpc) is 2.96. The van der Waals surface area contributed by atoms with Crippen LogP contribution in [0.5, 0.6) is 0 Å². The number of primary amides is 1. The van der Waals surface area contributed by atoms with Crippen LogP contribution in [-0.2, 0) is 6.42 Å². The highest BCUT2D eigenvalue weighted by Crippen LogP contribution is 2.39. The minimum absolute atomic E-state index is 0.129. The fourth-order valence-electron chi connectivity index (χ4n) is 4.69. The molecule has 26 heavy (non-hydrogen) atoms. The molecule has 4 rings (SSSR count). The molecule has 0 aromatic heterocycles.